The number of rotatable bonds is 4. The van der Waals surface area contributed by atoms with Crippen molar-refractivity contribution < 1.29 is 4.92 Å². The van der Waals surface area contributed by atoms with E-state index in [2.05, 4.69) is 22.0 Å². The minimum Gasteiger partial charge on any atom is -0.361 e. The minimum absolute atomic E-state index is 0.152. The zero-order valence-corrected chi connectivity index (χ0v) is 16.5. The van der Waals surface area contributed by atoms with Gasteiger partial charge in [-0.05, 0) is 17.7 Å². The molecule has 9 nitrogen and oxygen atoms in total. The third-order valence-electron chi connectivity index (χ3n) is 5.43. The largest absolute Gasteiger partial charge is 0.361 e. The molecule has 3 heterocycles. The molecule has 0 saturated carbocycles. The van der Waals surface area contributed by atoms with E-state index in [4.69, 9.17) is 0 Å². The Bertz CT molecular complexity index is 1210. The topological polar surface area (TPSA) is 108 Å². The van der Waals surface area contributed by atoms with Gasteiger partial charge in [-0.3, -0.25) is 19.8 Å². The highest BCUT2D eigenvalue weighted by atomic mass is 16.6. The molecule has 9 heteroatoms. The third-order valence-corrected chi connectivity index (χ3v) is 5.43. The van der Waals surface area contributed by atoms with Crippen molar-refractivity contribution in [2.75, 3.05) is 31.1 Å². The zero-order valence-electron chi connectivity index (χ0n) is 16.5. The van der Waals surface area contributed by atoms with E-state index in [0.29, 0.717) is 37.2 Å². The van der Waals surface area contributed by atoms with Crippen molar-refractivity contribution >= 4 is 22.4 Å². The summed E-state index contributed by atoms with van der Waals surface area (Å²) in [5.74, 6) is 0. The summed E-state index contributed by atoms with van der Waals surface area (Å²) in [5, 5.41) is 21.0. The van der Waals surface area contributed by atoms with E-state index in [1.807, 2.05) is 29.2 Å². The second-order valence-electron chi connectivity index (χ2n) is 7.24. The Labute approximate surface area is 172 Å². The summed E-state index contributed by atoms with van der Waals surface area (Å²) in [6, 6.07) is 15.2. The van der Waals surface area contributed by atoms with Crippen LogP contribution >= 0.6 is 0 Å². The first-order valence-electron chi connectivity index (χ1n) is 9.59. The molecule has 3 aromatic rings. The van der Waals surface area contributed by atoms with Gasteiger partial charge in [0.2, 0.25) is 0 Å². The maximum absolute atomic E-state index is 12.7. The number of aryl methyl sites for hydroxylation is 1. The van der Waals surface area contributed by atoms with E-state index in [0.717, 1.165) is 6.54 Å². The summed E-state index contributed by atoms with van der Waals surface area (Å²) < 4.78 is 1.22. The van der Waals surface area contributed by atoms with Gasteiger partial charge in [-0.25, -0.2) is 4.98 Å². The summed E-state index contributed by atoms with van der Waals surface area (Å²) in [7, 11) is 1.48. The fourth-order valence-corrected chi connectivity index (χ4v) is 3.88. The number of nitro groups is 1. The van der Waals surface area contributed by atoms with Crippen LogP contribution in [0, 0.1) is 21.4 Å². The van der Waals surface area contributed by atoms with Crippen LogP contribution in [0.5, 0.6) is 0 Å². The van der Waals surface area contributed by atoms with Crippen LogP contribution in [-0.4, -0.2) is 45.6 Å². The smallest absolute Gasteiger partial charge is 0.359 e. The molecule has 1 fully saturated rings. The Kier molecular flexibility index (Phi) is 5.16. The van der Waals surface area contributed by atoms with Gasteiger partial charge in [-0.15, -0.1) is 0 Å². The lowest BCUT2D eigenvalue weighted by Gasteiger charge is -2.36. The number of nitriles is 1. The highest BCUT2D eigenvalue weighted by Gasteiger charge is 2.31. The molecule has 0 amide bonds. The third kappa shape index (κ3) is 3.49. The highest BCUT2D eigenvalue weighted by molar-refractivity contribution is 5.94. The van der Waals surface area contributed by atoms with Gasteiger partial charge in [0.05, 0.1) is 10.4 Å². The van der Waals surface area contributed by atoms with Crippen LogP contribution in [-0.2, 0) is 13.6 Å². The number of benzene rings is 1. The Hall–Kier alpha value is -3.77. The molecule has 0 spiro atoms. The van der Waals surface area contributed by atoms with Gasteiger partial charge in [0.25, 0.3) is 0 Å². The van der Waals surface area contributed by atoms with Crippen LogP contribution in [0.2, 0.25) is 0 Å². The van der Waals surface area contributed by atoms with Crippen LogP contribution in [0.25, 0.3) is 11.0 Å². The molecule has 0 aliphatic carbocycles. The molecule has 0 atom stereocenters. The number of pyridine rings is 2. The normalized spacial score (nSPS) is 14.6. The molecule has 30 heavy (non-hydrogen) atoms. The second-order valence-corrected chi connectivity index (χ2v) is 7.24. The van der Waals surface area contributed by atoms with Crippen LogP contribution in [0.3, 0.4) is 0 Å². The van der Waals surface area contributed by atoms with E-state index in [-0.39, 0.29) is 11.4 Å². The van der Waals surface area contributed by atoms with Crippen LogP contribution < -0.4 is 10.5 Å². The highest BCUT2D eigenvalue weighted by Crippen LogP contribution is 2.33. The zero-order chi connectivity index (χ0) is 21.3. The fraction of sp³-hybridized carbons (Fsp3) is 0.286. The Morgan fingerprint density at radius 1 is 1.13 bits per heavy atom. The van der Waals surface area contributed by atoms with Crippen molar-refractivity contribution in [2.45, 2.75) is 6.54 Å². The van der Waals surface area contributed by atoms with E-state index >= 15 is 0 Å². The van der Waals surface area contributed by atoms with Crippen molar-refractivity contribution in [3.63, 3.8) is 0 Å². The molecular weight excluding hydrogens is 384 g/mol. The number of aromatic nitrogens is 2. The van der Waals surface area contributed by atoms with Gasteiger partial charge in [0.15, 0.2) is 5.69 Å². The van der Waals surface area contributed by atoms with E-state index in [9.17, 15) is 20.2 Å². The summed E-state index contributed by atoms with van der Waals surface area (Å²) in [6.45, 7) is 3.23. The molecule has 0 radical (unpaired) electrons. The molecule has 2 aromatic heterocycles. The van der Waals surface area contributed by atoms with Crippen LogP contribution in [0.4, 0.5) is 11.4 Å². The van der Waals surface area contributed by atoms with E-state index in [1.165, 1.54) is 23.2 Å². The predicted octanol–water partition coefficient (Wildman–Crippen LogP) is 2.04. The predicted molar refractivity (Wildman–Crippen MR) is 112 cm³/mol. The van der Waals surface area contributed by atoms with Crippen LogP contribution in [0.15, 0.2) is 47.3 Å². The van der Waals surface area contributed by atoms with Crippen molar-refractivity contribution in [1.29, 1.82) is 5.26 Å². The molecule has 1 saturated heterocycles. The average Bonchev–Trinajstić information content (AvgIpc) is 2.77. The molecule has 0 N–H and O–H groups in total. The fourth-order valence-electron chi connectivity index (χ4n) is 3.88. The van der Waals surface area contributed by atoms with Crippen molar-refractivity contribution in [2.24, 2.45) is 7.05 Å². The SMILES string of the molecule is Cn1c(=O)c([N+](=O)[O-])c(N2CCN(Cc3ccccc3)CC2)c2nc(C#N)ccc21. The van der Waals surface area contributed by atoms with Gasteiger partial charge in [0, 0.05) is 39.8 Å². The number of anilines is 1. The van der Waals surface area contributed by atoms with Gasteiger partial charge in [-0.2, -0.15) is 5.26 Å². The second kappa shape index (κ2) is 7.93. The molecule has 0 unspecified atom stereocenters. The summed E-state index contributed by atoms with van der Waals surface area (Å²) >= 11 is 0. The minimum atomic E-state index is -0.680. The number of piperazine rings is 1. The monoisotopic (exact) mass is 404 g/mol. The number of hydrogen-bond acceptors (Lipinski definition) is 7. The maximum Gasteiger partial charge on any atom is 0.359 e. The first-order chi connectivity index (χ1) is 14.5. The quantitative estimate of drug-likeness (QED) is 0.483. The molecule has 4 rings (SSSR count). The summed E-state index contributed by atoms with van der Waals surface area (Å²) in [5.41, 5.74) is 1.15. The van der Waals surface area contributed by atoms with Gasteiger partial charge >= 0.3 is 11.2 Å². The van der Waals surface area contributed by atoms with Gasteiger partial charge in [0.1, 0.15) is 17.3 Å². The molecule has 1 aliphatic rings. The molecule has 0 bridgehead atoms. The lowest BCUT2D eigenvalue weighted by Crippen LogP contribution is -2.46. The first-order valence-corrected chi connectivity index (χ1v) is 9.59. The number of hydrogen-bond donors (Lipinski definition) is 0. The van der Waals surface area contributed by atoms with Crippen molar-refractivity contribution in [3.8, 4) is 6.07 Å². The average molecular weight is 404 g/mol. The maximum atomic E-state index is 12.7. The van der Waals surface area contributed by atoms with Gasteiger partial charge < -0.3 is 9.47 Å². The van der Waals surface area contributed by atoms with Gasteiger partial charge in [-0.1, -0.05) is 30.3 Å². The van der Waals surface area contributed by atoms with E-state index in [1.54, 1.807) is 6.07 Å². The summed E-state index contributed by atoms with van der Waals surface area (Å²) in [6.07, 6.45) is 0. The molecular formula is C21H20N6O3. The van der Waals surface area contributed by atoms with Crippen molar-refractivity contribution in [1.82, 2.24) is 14.5 Å². The molecule has 1 aliphatic heterocycles. The molecule has 152 valence electrons. The standard InChI is InChI=1S/C21H20N6O3/c1-24-17-8-7-16(13-22)23-18(17)19(20(21(24)28)27(29)30)26-11-9-25(10-12-26)14-15-5-3-2-4-6-15/h2-8H,9-12,14H2,1H3. The summed E-state index contributed by atoms with van der Waals surface area (Å²) in [4.78, 5) is 32.3. The van der Waals surface area contributed by atoms with E-state index < -0.39 is 16.2 Å². The number of fused-ring (bicyclic) bond motifs is 1. The Balaban J connectivity index is 1.72. The molecule has 1 aromatic carbocycles. The lowest BCUT2D eigenvalue weighted by molar-refractivity contribution is -0.385. The number of nitrogens with zero attached hydrogens (tertiary/aromatic N) is 6. The Morgan fingerprint density at radius 3 is 2.47 bits per heavy atom. The Morgan fingerprint density at radius 2 is 1.83 bits per heavy atom. The van der Waals surface area contributed by atoms with Crippen LogP contribution in [0.1, 0.15) is 11.3 Å². The lowest BCUT2D eigenvalue weighted by atomic mass is 10.1. The first kappa shape index (κ1) is 19.5. The van der Waals surface area contributed by atoms with Crippen molar-refractivity contribution in [3.05, 3.63) is 74.2 Å².